The van der Waals surface area contributed by atoms with Crippen molar-refractivity contribution in [3.05, 3.63) is 78.1 Å². The normalized spacial score (nSPS) is 12.6. The Morgan fingerprint density at radius 2 is 1.77 bits per heavy atom. The van der Waals surface area contributed by atoms with Gasteiger partial charge in [0, 0.05) is 27.7 Å². The topological polar surface area (TPSA) is 66.4 Å². The molecule has 1 aliphatic heterocycles. The number of rotatable bonds is 3. The van der Waals surface area contributed by atoms with E-state index in [2.05, 4.69) is 45.1 Å². The van der Waals surface area contributed by atoms with Gasteiger partial charge in [0.05, 0.1) is 17.1 Å². The highest BCUT2D eigenvalue weighted by atomic mass is 32.2. The number of hydrogen-bond acceptors (Lipinski definition) is 5. The summed E-state index contributed by atoms with van der Waals surface area (Å²) in [5.74, 6) is -0.257. The number of hydrogen-bond donors (Lipinski definition) is 2. The lowest BCUT2D eigenvalue weighted by Gasteiger charge is -2.21. The maximum Gasteiger partial charge on any atom is 0.271 e. The van der Waals surface area contributed by atoms with Gasteiger partial charge in [-0.3, -0.25) is 9.78 Å². The third kappa shape index (κ3) is 3.32. The Hall–Kier alpha value is -3.12. The number of carbonyl (C=O) groups is 1. The summed E-state index contributed by atoms with van der Waals surface area (Å²) in [5, 5.41) is 7.68. The van der Waals surface area contributed by atoms with Gasteiger partial charge in [0.1, 0.15) is 0 Å². The number of aromatic nitrogens is 1. The van der Waals surface area contributed by atoms with E-state index in [1.807, 2.05) is 25.1 Å². The second-order valence-electron chi connectivity index (χ2n) is 5.81. The van der Waals surface area contributed by atoms with Crippen LogP contribution in [0.1, 0.15) is 22.8 Å². The lowest BCUT2D eigenvalue weighted by atomic mass is 10.1. The molecule has 2 N–H and O–H groups in total. The number of amides is 1. The molecule has 0 saturated heterocycles. The van der Waals surface area contributed by atoms with Crippen LogP contribution in [0.15, 0.2) is 81.9 Å². The molecule has 0 bridgehead atoms. The molecule has 4 rings (SSSR count). The second-order valence-corrected chi connectivity index (χ2v) is 6.89. The van der Waals surface area contributed by atoms with E-state index in [0.29, 0.717) is 5.56 Å². The van der Waals surface area contributed by atoms with Crippen molar-refractivity contribution in [3.63, 3.8) is 0 Å². The van der Waals surface area contributed by atoms with E-state index in [1.54, 1.807) is 36.3 Å². The molecule has 0 aliphatic carbocycles. The van der Waals surface area contributed by atoms with Gasteiger partial charge < -0.3 is 5.32 Å². The molecule has 6 heteroatoms. The summed E-state index contributed by atoms with van der Waals surface area (Å²) in [7, 11) is 0. The molecule has 128 valence electrons. The molecule has 26 heavy (non-hydrogen) atoms. The van der Waals surface area contributed by atoms with E-state index in [9.17, 15) is 4.79 Å². The van der Waals surface area contributed by atoms with Crippen LogP contribution in [0.2, 0.25) is 0 Å². The molecule has 0 fully saturated rings. The van der Waals surface area contributed by atoms with Crippen LogP contribution in [0.25, 0.3) is 0 Å². The Morgan fingerprint density at radius 1 is 1.00 bits per heavy atom. The van der Waals surface area contributed by atoms with Crippen molar-refractivity contribution in [3.8, 4) is 0 Å². The highest BCUT2D eigenvalue weighted by Crippen LogP contribution is 2.44. The average molecular weight is 360 g/mol. The van der Waals surface area contributed by atoms with Crippen LogP contribution >= 0.6 is 11.8 Å². The van der Waals surface area contributed by atoms with Gasteiger partial charge in [-0.25, -0.2) is 5.43 Å². The first kappa shape index (κ1) is 16.4. The van der Waals surface area contributed by atoms with E-state index in [0.717, 1.165) is 22.6 Å². The minimum Gasteiger partial charge on any atom is -0.354 e. The fourth-order valence-corrected chi connectivity index (χ4v) is 3.60. The number of nitrogens with one attached hydrogen (secondary N) is 2. The molecule has 0 unspecified atom stereocenters. The fraction of sp³-hybridized carbons (Fsp3) is 0.0500. The van der Waals surface area contributed by atoms with Crippen LogP contribution in [-0.4, -0.2) is 16.6 Å². The van der Waals surface area contributed by atoms with Gasteiger partial charge in [-0.1, -0.05) is 30.0 Å². The predicted octanol–water partition coefficient (Wildman–Crippen LogP) is 4.44. The van der Waals surface area contributed by atoms with Gasteiger partial charge in [-0.15, -0.1) is 0 Å². The molecule has 5 nitrogen and oxygen atoms in total. The predicted molar refractivity (Wildman–Crippen MR) is 104 cm³/mol. The smallest absolute Gasteiger partial charge is 0.271 e. The lowest BCUT2D eigenvalue weighted by Crippen LogP contribution is -2.19. The highest BCUT2D eigenvalue weighted by Gasteiger charge is 2.16. The third-order valence-electron chi connectivity index (χ3n) is 4.04. The van der Waals surface area contributed by atoms with Crippen LogP contribution < -0.4 is 10.7 Å². The zero-order valence-electron chi connectivity index (χ0n) is 14.1. The summed E-state index contributed by atoms with van der Waals surface area (Å²) in [6, 6.07) is 17.7. The molecule has 0 atom stereocenters. The third-order valence-corrected chi connectivity index (χ3v) is 5.19. The quantitative estimate of drug-likeness (QED) is 0.419. The molecule has 2 heterocycles. The number of hydrazone groups is 1. The van der Waals surface area contributed by atoms with Gasteiger partial charge in [0.25, 0.3) is 5.91 Å². The Bertz CT molecular complexity index is 1000. The van der Waals surface area contributed by atoms with Gasteiger partial charge in [-0.05, 0) is 48.9 Å². The zero-order valence-corrected chi connectivity index (χ0v) is 14.9. The average Bonchev–Trinajstić information content (AvgIpc) is 2.70. The van der Waals surface area contributed by atoms with E-state index in [-0.39, 0.29) is 5.91 Å². The van der Waals surface area contributed by atoms with Crippen molar-refractivity contribution >= 4 is 34.8 Å². The van der Waals surface area contributed by atoms with E-state index < -0.39 is 0 Å². The number of benzene rings is 2. The minimum absolute atomic E-state index is 0.257. The van der Waals surface area contributed by atoms with Crippen LogP contribution in [0.4, 0.5) is 11.4 Å². The molecule has 0 saturated carbocycles. The van der Waals surface area contributed by atoms with Crippen molar-refractivity contribution < 1.29 is 4.79 Å². The first-order valence-electron chi connectivity index (χ1n) is 8.14. The summed E-state index contributed by atoms with van der Waals surface area (Å²) < 4.78 is 0. The Morgan fingerprint density at radius 3 is 2.62 bits per heavy atom. The molecule has 0 spiro atoms. The summed E-state index contributed by atoms with van der Waals surface area (Å²) in [5.41, 5.74) is 6.94. The maximum absolute atomic E-state index is 12.1. The minimum atomic E-state index is -0.257. The molecule has 3 aromatic rings. The Kier molecular flexibility index (Phi) is 4.41. The first-order valence-corrected chi connectivity index (χ1v) is 8.95. The number of pyridine rings is 1. The number of anilines is 2. The molecule has 2 aromatic carbocycles. The van der Waals surface area contributed by atoms with Crippen molar-refractivity contribution in [1.29, 1.82) is 0 Å². The number of nitrogens with zero attached hydrogens (tertiary/aromatic N) is 2. The number of fused-ring (bicyclic) bond motifs is 2. The molecular formula is C20H16N4OS. The molecule has 0 radical (unpaired) electrons. The maximum atomic E-state index is 12.1. The second kappa shape index (κ2) is 7.01. The standard InChI is InChI=1S/C20H16N4OS/c1-13(23-24-20(25)14-8-10-21-11-9-14)15-6-7-19-17(12-15)22-16-4-2-3-5-18(16)26-19/h2-12,22H,1H3,(H,24,25). The van der Waals surface area contributed by atoms with E-state index in [4.69, 9.17) is 0 Å². The molecule has 1 amide bonds. The van der Waals surface area contributed by atoms with Gasteiger partial charge in [-0.2, -0.15) is 5.10 Å². The highest BCUT2D eigenvalue weighted by molar-refractivity contribution is 7.99. The summed E-state index contributed by atoms with van der Waals surface area (Å²) in [6.45, 7) is 1.87. The monoisotopic (exact) mass is 360 g/mol. The van der Waals surface area contributed by atoms with Crippen LogP contribution in [0.5, 0.6) is 0 Å². The van der Waals surface area contributed by atoms with Crippen LogP contribution in [0, 0.1) is 0 Å². The zero-order chi connectivity index (χ0) is 17.9. The van der Waals surface area contributed by atoms with Crippen molar-refractivity contribution in [2.24, 2.45) is 5.10 Å². The number of para-hydroxylation sites is 1. The van der Waals surface area contributed by atoms with Gasteiger partial charge in [0.2, 0.25) is 0 Å². The van der Waals surface area contributed by atoms with Gasteiger partial charge >= 0.3 is 0 Å². The Balaban J connectivity index is 1.53. The molecule has 1 aromatic heterocycles. The van der Waals surface area contributed by atoms with Crippen molar-refractivity contribution in [2.45, 2.75) is 16.7 Å². The summed E-state index contributed by atoms with van der Waals surface area (Å²) >= 11 is 1.74. The van der Waals surface area contributed by atoms with Crippen LogP contribution in [0.3, 0.4) is 0 Å². The SMILES string of the molecule is CC(=NNC(=O)c1ccncc1)c1ccc2c(c1)Nc1ccccc1S2. The largest absolute Gasteiger partial charge is 0.354 e. The fourth-order valence-electron chi connectivity index (χ4n) is 2.63. The number of carbonyl (C=O) groups excluding carboxylic acids is 1. The summed E-state index contributed by atoms with van der Waals surface area (Å²) in [4.78, 5) is 18.4. The summed E-state index contributed by atoms with van der Waals surface area (Å²) in [6.07, 6.45) is 3.16. The molecular weight excluding hydrogens is 344 g/mol. The lowest BCUT2D eigenvalue weighted by molar-refractivity contribution is 0.0954. The first-order chi connectivity index (χ1) is 12.7. The van der Waals surface area contributed by atoms with Gasteiger partial charge in [0.15, 0.2) is 0 Å². The molecule has 1 aliphatic rings. The van der Waals surface area contributed by atoms with Crippen molar-refractivity contribution in [2.75, 3.05) is 5.32 Å². The van der Waals surface area contributed by atoms with Crippen LogP contribution in [-0.2, 0) is 0 Å². The van der Waals surface area contributed by atoms with Crippen molar-refractivity contribution in [1.82, 2.24) is 10.4 Å². The Labute approximate surface area is 155 Å². The van der Waals surface area contributed by atoms with E-state index in [1.165, 1.54) is 9.79 Å². The van der Waals surface area contributed by atoms with E-state index >= 15 is 0 Å².